The monoisotopic (exact) mass is 469 g/mol. The molecular weight excluding hydrogens is 430 g/mol. The second-order valence-electron chi connectivity index (χ2n) is 11.8. The zero-order chi connectivity index (χ0) is 24.8. The van der Waals surface area contributed by atoms with Crippen molar-refractivity contribution in [1.82, 2.24) is 9.91 Å². The van der Waals surface area contributed by atoms with Crippen molar-refractivity contribution < 1.29 is 0 Å². The zero-order valence-electron chi connectivity index (χ0n) is 21.6. The van der Waals surface area contributed by atoms with E-state index in [1.54, 1.807) is 0 Å². The van der Waals surface area contributed by atoms with Gasteiger partial charge in [0.25, 0.3) is 0 Å². The summed E-state index contributed by atoms with van der Waals surface area (Å²) in [6, 6.07) is 19.4. The first-order valence-electron chi connectivity index (χ1n) is 13.0. The summed E-state index contributed by atoms with van der Waals surface area (Å²) in [4.78, 5) is 2.60. The maximum absolute atomic E-state index is 8.94. The maximum Gasteiger partial charge on any atom is 0.152 e. The van der Waals surface area contributed by atoms with Crippen LogP contribution >= 0.6 is 0 Å². The number of hydrogen-bond donors (Lipinski definition) is 2. The Hall–Kier alpha value is -2.92. The van der Waals surface area contributed by atoms with E-state index in [1.165, 1.54) is 37.1 Å². The van der Waals surface area contributed by atoms with Crippen molar-refractivity contribution in [3.8, 4) is 0 Å². The Bertz CT molecular complexity index is 1130. The van der Waals surface area contributed by atoms with Crippen LogP contribution in [0.1, 0.15) is 70.1 Å². The van der Waals surface area contributed by atoms with Gasteiger partial charge in [0.2, 0.25) is 0 Å². The molecule has 2 fully saturated rings. The molecule has 5 rings (SSSR count). The van der Waals surface area contributed by atoms with Crippen LogP contribution in [0.2, 0.25) is 0 Å². The molecule has 5 nitrogen and oxygen atoms in total. The minimum absolute atomic E-state index is 0.257. The van der Waals surface area contributed by atoms with Gasteiger partial charge in [-0.1, -0.05) is 54.6 Å². The van der Waals surface area contributed by atoms with E-state index in [1.807, 2.05) is 18.0 Å². The summed E-state index contributed by atoms with van der Waals surface area (Å²) in [6.45, 7) is 11.2. The van der Waals surface area contributed by atoms with E-state index < -0.39 is 0 Å². The molecule has 0 unspecified atom stereocenters. The molecule has 1 aliphatic carbocycles. The predicted molar refractivity (Wildman–Crippen MR) is 145 cm³/mol. The van der Waals surface area contributed by atoms with Crippen LogP contribution in [-0.2, 0) is 6.42 Å². The number of hydrogen-bond acceptors (Lipinski definition) is 4. The molecule has 2 aliphatic heterocycles. The molecule has 1 saturated carbocycles. The van der Waals surface area contributed by atoms with Crippen LogP contribution in [0.25, 0.3) is 0 Å². The Morgan fingerprint density at radius 1 is 1.00 bits per heavy atom. The van der Waals surface area contributed by atoms with E-state index in [0.717, 1.165) is 36.1 Å². The lowest BCUT2D eigenvalue weighted by Gasteiger charge is -2.58. The first kappa shape index (κ1) is 23.8. The van der Waals surface area contributed by atoms with Crippen molar-refractivity contribution >= 4 is 11.5 Å². The molecule has 2 aromatic rings. The minimum Gasteiger partial charge on any atom is -0.402 e. The number of nitrogens with one attached hydrogen (secondary N) is 1. The number of nitrogens with two attached hydrogens (primary N) is 1. The molecule has 2 heterocycles. The number of nitrogens with zero attached hydrogens (tertiary/aromatic N) is 3. The molecule has 5 heteroatoms. The third-order valence-corrected chi connectivity index (χ3v) is 8.15. The highest BCUT2D eigenvalue weighted by Crippen LogP contribution is 2.47. The van der Waals surface area contributed by atoms with E-state index in [0.29, 0.717) is 16.9 Å². The van der Waals surface area contributed by atoms with Crippen LogP contribution < -0.4 is 5.73 Å². The van der Waals surface area contributed by atoms with Crippen LogP contribution in [-0.4, -0.2) is 46.1 Å². The second-order valence-corrected chi connectivity index (χ2v) is 11.8. The molecular formula is C30H39N5. The first-order valence-corrected chi connectivity index (χ1v) is 13.0. The van der Waals surface area contributed by atoms with Crippen molar-refractivity contribution in [3.05, 3.63) is 82.6 Å². The highest BCUT2D eigenvalue weighted by molar-refractivity contribution is 6.32. The summed E-state index contributed by atoms with van der Waals surface area (Å²) in [5.41, 5.74) is 12.9. The highest BCUT2D eigenvalue weighted by atomic mass is 15.5. The summed E-state index contributed by atoms with van der Waals surface area (Å²) >= 11 is 0. The lowest BCUT2D eigenvalue weighted by molar-refractivity contribution is -0.0856. The van der Waals surface area contributed by atoms with Crippen LogP contribution in [0.3, 0.4) is 0 Å². The van der Waals surface area contributed by atoms with Gasteiger partial charge < -0.3 is 5.73 Å². The van der Waals surface area contributed by atoms with Crippen molar-refractivity contribution in [2.45, 2.75) is 71.4 Å². The fourth-order valence-electron chi connectivity index (χ4n) is 5.90. The largest absolute Gasteiger partial charge is 0.402 e. The van der Waals surface area contributed by atoms with Gasteiger partial charge in [0.1, 0.15) is 5.71 Å². The summed E-state index contributed by atoms with van der Waals surface area (Å²) in [7, 11) is 0. The van der Waals surface area contributed by atoms with Gasteiger partial charge in [0.15, 0.2) is 5.84 Å². The normalized spacial score (nSPS) is 22.3. The topological polar surface area (TPSA) is 68.7 Å². The van der Waals surface area contributed by atoms with Crippen molar-refractivity contribution in [2.75, 3.05) is 13.1 Å². The third-order valence-electron chi connectivity index (χ3n) is 8.15. The summed E-state index contributed by atoms with van der Waals surface area (Å²) in [5.74, 6) is 0.458. The molecule has 3 aliphatic rings. The van der Waals surface area contributed by atoms with Gasteiger partial charge in [0.05, 0.1) is 11.6 Å². The third kappa shape index (κ3) is 4.66. The number of allylic oxidation sites excluding steroid dienone is 1. The Kier molecular flexibility index (Phi) is 6.08. The second kappa shape index (κ2) is 8.94. The lowest BCUT2D eigenvalue weighted by atomic mass is 9.66. The highest BCUT2D eigenvalue weighted by Gasteiger charge is 2.49. The van der Waals surface area contributed by atoms with E-state index in [-0.39, 0.29) is 11.6 Å². The Morgan fingerprint density at radius 3 is 2.17 bits per heavy atom. The van der Waals surface area contributed by atoms with Crippen LogP contribution in [0.15, 0.2) is 71.0 Å². The molecule has 3 N–H and O–H groups in total. The molecule has 0 radical (unpaired) electrons. The van der Waals surface area contributed by atoms with E-state index in [2.05, 4.69) is 74.2 Å². The van der Waals surface area contributed by atoms with E-state index >= 15 is 0 Å². The number of benzene rings is 2. The zero-order valence-corrected chi connectivity index (χ0v) is 21.6. The average molecular weight is 470 g/mol. The van der Waals surface area contributed by atoms with Gasteiger partial charge in [-0.15, -0.1) is 0 Å². The van der Waals surface area contributed by atoms with Gasteiger partial charge in [-0.3, -0.25) is 10.3 Å². The van der Waals surface area contributed by atoms with Crippen LogP contribution in [0.5, 0.6) is 0 Å². The summed E-state index contributed by atoms with van der Waals surface area (Å²) in [5, 5.41) is 15.9. The Balaban J connectivity index is 1.30. The van der Waals surface area contributed by atoms with Gasteiger partial charge in [-0.2, -0.15) is 5.10 Å². The molecule has 1 spiro atoms. The van der Waals surface area contributed by atoms with Crippen molar-refractivity contribution in [2.24, 2.45) is 16.3 Å². The standard InChI is InChI=1S/C30H39N5/c1-21(31)26-27(24-12-10-23(11-13-24)18-22-8-6-5-7-9-22)33-35(28(26)32)25-14-16-30(17-15-25)19-34(20-30)29(2,3)4/h5-13,25,32H,14-20,31H2,1-4H3/b26-21+,32-28?. The quantitative estimate of drug-likeness (QED) is 0.617. The van der Waals surface area contributed by atoms with E-state index in [9.17, 15) is 0 Å². The molecule has 35 heavy (non-hydrogen) atoms. The Morgan fingerprint density at radius 2 is 1.60 bits per heavy atom. The molecule has 1 saturated heterocycles. The fraction of sp³-hybridized carbons (Fsp3) is 0.467. The smallest absolute Gasteiger partial charge is 0.152 e. The SMILES string of the molecule is C/C(N)=C1\C(=N)N(C2CCC3(CC2)CN(C(C)(C)C)C3)N=C1c1ccc(Cc2ccccc2)cc1. The number of amidine groups is 1. The average Bonchev–Trinajstić information content (AvgIpc) is 3.15. The molecule has 184 valence electrons. The number of rotatable bonds is 4. The molecule has 0 bridgehead atoms. The van der Waals surface area contributed by atoms with Crippen LogP contribution in [0, 0.1) is 10.8 Å². The summed E-state index contributed by atoms with van der Waals surface area (Å²) < 4.78 is 0. The van der Waals surface area contributed by atoms with Gasteiger partial charge >= 0.3 is 0 Å². The number of likely N-dealkylation sites (tertiary alicyclic amines) is 1. The fourth-order valence-corrected chi connectivity index (χ4v) is 5.90. The predicted octanol–water partition coefficient (Wildman–Crippen LogP) is 5.55. The summed E-state index contributed by atoms with van der Waals surface area (Å²) in [6.07, 6.45) is 5.51. The molecule has 2 aromatic carbocycles. The number of hydrazone groups is 1. The maximum atomic E-state index is 8.94. The molecule has 0 atom stereocenters. The van der Waals surface area contributed by atoms with Gasteiger partial charge in [-0.05, 0) is 76.3 Å². The minimum atomic E-state index is 0.257. The van der Waals surface area contributed by atoms with Crippen LogP contribution in [0.4, 0.5) is 0 Å². The van der Waals surface area contributed by atoms with Gasteiger partial charge in [0, 0.05) is 29.9 Å². The van der Waals surface area contributed by atoms with E-state index in [4.69, 9.17) is 16.2 Å². The van der Waals surface area contributed by atoms with Crippen molar-refractivity contribution in [1.29, 1.82) is 5.41 Å². The van der Waals surface area contributed by atoms with Gasteiger partial charge in [-0.25, -0.2) is 5.01 Å². The Labute approximate surface area is 210 Å². The molecule has 0 amide bonds. The molecule has 0 aromatic heterocycles. The van der Waals surface area contributed by atoms with Crippen molar-refractivity contribution in [3.63, 3.8) is 0 Å². The first-order chi connectivity index (χ1) is 16.7. The lowest BCUT2D eigenvalue weighted by Crippen LogP contribution is -2.64.